The van der Waals surface area contributed by atoms with Gasteiger partial charge in [-0.05, 0) is 30.0 Å². The fraction of sp³-hybridized carbons (Fsp3) is 0.588. The number of hydrogen-bond donors (Lipinski definition) is 1. The molecular weight excluding hydrogens is 300 g/mol. The Labute approximate surface area is 139 Å². The predicted octanol–water partition coefficient (Wildman–Crippen LogP) is 2.61. The van der Waals surface area contributed by atoms with Gasteiger partial charge in [0.1, 0.15) is 5.75 Å². The van der Waals surface area contributed by atoms with E-state index in [4.69, 9.17) is 4.74 Å². The van der Waals surface area contributed by atoms with E-state index in [0.717, 1.165) is 31.9 Å². The summed E-state index contributed by atoms with van der Waals surface area (Å²) in [4.78, 5) is 14.2. The predicted molar refractivity (Wildman–Crippen MR) is 91.9 cm³/mol. The summed E-state index contributed by atoms with van der Waals surface area (Å²) < 4.78 is 5.79. The monoisotopic (exact) mass is 326 g/mol. The third kappa shape index (κ3) is 4.89. The first kappa shape index (κ1) is 18.8. The SMILES string of the molecule is CC(Oc1ccc(C(C)(C)C)cc1)C(=O)N1CCNCC1.Cl. The van der Waals surface area contributed by atoms with Gasteiger partial charge in [0, 0.05) is 26.2 Å². The third-order valence-electron chi connectivity index (χ3n) is 3.81. The van der Waals surface area contributed by atoms with Crippen LogP contribution in [0.4, 0.5) is 0 Å². The van der Waals surface area contributed by atoms with Crippen LogP contribution < -0.4 is 10.1 Å². The number of carbonyl (C=O) groups excluding carboxylic acids is 1. The minimum absolute atomic E-state index is 0. The van der Waals surface area contributed by atoms with Gasteiger partial charge in [0.25, 0.3) is 5.91 Å². The molecule has 1 amide bonds. The van der Waals surface area contributed by atoms with Crippen molar-refractivity contribution in [1.82, 2.24) is 10.2 Å². The lowest BCUT2D eigenvalue weighted by Gasteiger charge is -2.29. The van der Waals surface area contributed by atoms with Crippen LogP contribution in [0.2, 0.25) is 0 Å². The van der Waals surface area contributed by atoms with Crippen LogP contribution in [0.3, 0.4) is 0 Å². The topological polar surface area (TPSA) is 41.6 Å². The lowest BCUT2D eigenvalue weighted by molar-refractivity contribution is -0.138. The van der Waals surface area contributed by atoms with Crippen molar-refractivity contribution in [3.63, 3.8) is 0 Å². The molecule has 0 spiro atoms. The zero-order chi connectivity index (χ0) is 15.5. The lowest BCUT2D eigenvalue weighted by atomic mass is 9.87. The number of amides is 1. The number of ether oxygens (including phenoxy) is 1. The lowest BCUT2D eigenvalue weighted by Crippen LogP contribution is -2.50. The number of benzene rings is 1. The Bertz CT molecular complexity index is 476. The summed E-state index contributed by atoms with van der Waals surface area (Å²) in [6, 6.07) is 8.03. The number of nitrogens with zero attached hydrogens (tertiary/aromatic N) is 1. The molecule has 124 valence electrons. The molecule has 5 heteroatoms. The number of hydrogen-bond acceptors (Lipinski definition) is 3. The average molecular weight is 327 g/mol. The van der Waals surface area contributed by atoms with E-state index in [0.29, 0.717) is 0 Å². The van der Waals surface area contributed by atoms with E-state index < -0.39 is 6.10 Å². The summed E-state index contributed by atoms with van der Waals surface area (Å²) in [6.07, 6.45) is -0.441. The fourth-order valence-corrected chi connectivity index (χ4v) is 2.43. The molecule has 0 aliphatic carbocycles. The first-order chi connectivity index (χ1) is 9.88. The summed E-state index contributed by atoms with van der Waals surface area (Å²) in [5.74, 6) is 0.815. The molecule has 2 rings (SSSR count). The largest absolute Gasteiger partial charge is 0.481 e. The molecule has 4 nitrogen and oxygen atoms in total. The standard InChI is InChI=1S/C17H26N2O2.ClH/c1-13(16(20)19-11-9-18-10-12-19)21-15-7-5-14(6-8-15)17(2,3)4;/h5-8,13,18H,9-12H2,1-4H3;1H. The minimum atomic E-state index is -0.441. The molecule has 0 radical (unpaired) electrons. The number of piperazine rings is 1. The molecule has 0 bridgehead atoms. The van der Waals surface area contributed by atoms with Crippen LogP contribution in [-0.4, -0.2) is 43.1 Å². The van der Waals surface area contributed by atoms with E-state index in [1.54, 1.807) is 0 Å². The second-order valence-corrected chi connectivity index (χ2v) is 6.61. The number of rotatable bonds is 3. The highest BCUT2D eigenvalue weighted by molar-refractivity contribution is 5.85. The first-order valence-electron chi connectivity index (χ1n) is 7.64. The van der Waals surface area contributed by atoms with Gasteiger partial charge in [0.15, 0.2) is 6.10 Å². The van der Waals surface area contributed by atoms with Crippen molar-refractivity contribution in [1.29, 1.82) is 0 Å². The molecular formula is C17H27ClN2O2. The summed E-state index contributed by atoms with van der Waals surface area (Å²) in [5, 5.41) is 3.24. The first-order valence-corrected chi connectivity index (χ1v) is 7.64. The highest BCUT2D eigenvalue weighted by Gasteiger charge is 2.23. The van der Waals surface area contributed by atoms with Crippen LogP contribution >= 0.6 is 12.4 Å². The molecule has 1 heterocycles. The summed E-state index contributed by atoms with van der Waals surface area (Å²) in [6.45, 7) is 11.6. The van der Waals surface area contributed by atoms with Crippen molar-refractivity contribution in [2.24, 2.45) is 0 Å². The molecule has 1 fully saturated rings. The van der Waals surface area contributed by atoms with Gasteiger partial charge in [-0.2, -0.15) is 0 Å². The fourth-order valence-electron chi connectivity index (χ4n) is 2.43. The Morgan fingerprint density at radius 1 is 1.18 bits per heavy atom. The number of nitrogens with one attached hydrogen (secondary N) is 1. The maximum atomic E-state index is 12.3. The van der Waals surface area contributed by atoms with Gasteiger partial charge < -0.3 is 15.0 Å². The number of halogens is 1. The van der Waals surface area contributed by atoms with Gasteiger partial charge in [-0.1, -0.05) is 32.9 Å². The van der Waals surface area contributed by atoms with Crippen LogP contribution in [0.15, 0.2) is 24.3 Å². The van der Waals surface area contributed by atoms with Crippen LogP contribution in [0.25, 0.3) is 0 Å². The van der Waals surface area contributed by atoms with Gasteiger partial charge in [-0.15, -0.1) is 12.4 Å². The van der Waals surface area contributed by atoms with Gasteiger partial charge in [-0.25, -0.2) is 0 Å². The minimum Gasteiger partial charge on any atom is -0.481 e. The Morgan fingerprint density at radius 2 is 1.73 bits per heavy atom. The summed E-state index contributed by atoms with van der Waals surface area (Å²) in [7, 11) is 0. The van der Waals surface area contributed by atoms with Gasteiger partial charge >= 0.3 is 0 Å². The van der Waals surface area contributed by atoms with Crippen LogP contribution in [0.1, 0.15) is 33.3 Å². The number of carbonyl (C=O) groups is 1. The Hall–Kier alpha value is -1.26. The van der Waals surface area contributed by atoms with E-state index in [1.807, 2.05) is 24.0 Å². The van der Waals surface area contributed by atoms with Crippen LogP contribution in [0, 0.1) is 0 Å². The quantitative estimate of drug-likeness (QED) is 0.928. The van der Waals surface area contributed by atoms with Crippen LogP contribution in [0.5, 0.6) is 5.75 Å². The molecule has 1 unspecified atom stereocenters. The summed E-state index contributed by atoms with van der Waals surface area (Å²) in [5.41, 5.74) is 1.39. The van der Waals surface area contributed by atoms with Crippen molar-refractivity contribution in [3.05, 3.63) is 29.8 Å². The zero-order valence-electron chi connectivity index (χ0n) is 13.9. The summed E-state index contributed by atoms with van der Waals surface area (Å²) >= 11 is 0. The Morgan fingerprint density at radius 3 is 2.23 bits per heavy atom. The normalized spacial score (nSPS) is 16.6. The van der Waals surface area contributed by atoms with Gasteiger partial charge in [-0.3, -0.25) is 4.79 Å². The average Bonchev–Trinajstić information content (AvgIpc) is 2.47. The maximum Gasteiger partial charge on any atom is 0.263 e. The molecule has 1 aliphatic rings. The van der Waals surface area contributed by atoms with Crippen molar-refractivity contribution in [3.8, 4) is 5.75 Å². The molecule has 22 heavy (non-hydrogen) atoms. The second kappa shape index (κ2) is 7.84. The van der Waals surface area contributed by atoms with E-state index in [2.05, 4.69) is 38.2 Å². The van der Waals surface area contributed by atoms with Gasteiger partial charge in [0.05, 0.1) is 0 Å². The highest BCUT2D eigenvalue weighted by atomic mass is 35.5. The molecule has 0 saturated carbocycles. The molecule has 1 aromatic carbocycles. The Kier molecular flexibility index (Phi) is 6.69. The van der Waals surface area contributed by atoms with E-state index in [9.17, 15) is 4.79 Å². The molecule has 1 aliphatic heterocycles. The molecule has 1 atom stereocenters. The molecule has 1 aromatic rings. The van der Waals surface area contributed by atoms with Crippen LogP contribution in [-0.2, 0) is 10.2 Å². The second-order valence-electron chi connectivity index (χ2n) is 6.61. The van der Waals surface area contributed by atoms with Crippen molar-refractivity contribution >= 4 is 18.3 Å². The van der Waals surface area contributed by atoms with Crippen molar-refractivity contribution in [2.75, 3.05) is 26.2 Å². The van der Waals surface area contributed by atoms with Crippen molar-refractivity contribution < 1.29 is 9.53 Å². The third-order valence-corrected chi connectivity index (χ3v) is 3.81. The molecule has 1 saturated heterocycles. The van der Waals surface area contributed by atoms with Crippen molar-refractivity contribution in [2.45, 2.75) is 39.2 Å². The molecule has 0 aromatic heterocycles. The van der Waals surface area contributed by atoms with Gasteiger partial charge in [0.2, 0.25) is 0 Å². The highest BCUT2D eigenvalue weighted by Crippen LogP contribution is 2.24. The molecule has 1 N–H and O–H groups in total. The van der Waals surface area contributed by atoms with E-state index in [-0.39, 0.29) is 23.7 Å². The van der Waals surface area contributed by atoms with E-state index >= 15 is 0 Å². The Balaban J connectivity index is 0.00000242. The smallest absolute Gasteiger partial charge is 0.263 e. The van der Waals surface area contributed by atoms with E-state index in [1.165, 1.54) is 5.56 Å². The zero-order valence-corrected chi connectivity index (χ0v) is 14.7. The maximum absolute atomic E-state index is 12.3.